The minimum atomic E-state index is -0.518. The topological polar surface area (TPSA) is 52.6 Å². The van der Waals surface area contributed by atoms with E-state index in [2.05, 4.69) is 6.58 Å². The smallest absolute Gasteiger partial charge is 0.333 e. The number of benzene rings is 1. The standard InChI is InChI=1S/C15H18O4/c1-4-18-15(17)11(2)10-14(19-12(3)16)13-8-6-5-7-9-13/h5-9,14H,2,4,10H2,1,3H3. The van der Waals surface area contributed by atoms with Crippen molar-refractivity contribution in [2.45, 2.75) is 26.4 Å². The molecule has 4 heteroatoms. The second-order valence-electron chi connectivity index (χ2n) is 4.04. The van der Waals surface area contributed by atoms with Crippen molar-refractivity contribution >= 4 is 11.9 Å². The second-order valence-corrected chi connectivity index (χ2v) is 4.04. The van der Waals surface area contributed by atoms with Crippen LogP contribution in [0.2, 0.25) is 0 Å². The molecule has 0 fully saturated rings. The normalized spacial score (nSPS) is 11.5. The van der Waals surface area contributed by atoms with Crippen LogP contribution in [-0.4, -0.2) is 18.5 Å². The van der Waals surface area contributed by atoms with E-state index in [1.165, 1.54) is 6.92 Å². The van der Waals surface area contributed by atoms with Crippen LogP contribution in [0.1, 0.15) is 31.9 Å². The van der Waals surface area contributed by atoms with Gasteiger partial charge in [-0.1, -0.05) is 36.9 Å². The highest BCUT2D eigenvalue weighted by atomic mass is 16.5. The number of esters is 2. The molecule has 1 aromatic rings. The lowest BCUT2D eigenvalue weighted by Crippen LogP contribution is -2.14. The van der Waals surface area contributed by atoms with E-state index in [0.29, 0.717) is 6.61 Å². The SMILES string of the molecule is C=C(CC(OC(C)=O)c1ccccc1)C(=O)OCC. The molecule has 0 aromatic heterocycles. The van der Waals surface area contributed by atoms with Gasteiger partial charge < -0.3 is 9.47 Å². The van der Waals surface area contributed by atoms with Crippen LogP contribution < -0.4 is 0 Å². The molecule has 4 nitrogen and oxygen atoms in total. The Kier molecular flexibility index (Phi) is 5.79. The summed E-state index contributed by atoms with van der Waals surface area (Å²) < 4.78 is 10.1. The van der Waals surface area contributed by atoms with E-state index in [9.17, 15) is 9.59 Å². The number of rotatable bonds is 6. The highest BCUT2D eigenvalue weighted by Crippen LogP contribution is 2.25. The van der Waals surface area contributed by atoms with Crippen molar-refractivity contribution in [1.82, 2.24) is 0 Å². The summed E-state index contributed by atoms with van der Waals surface area (Å²) in [6, 6.07) is 9.24. The molecule has 1 unspecified atom stereocenters. The molecule has 0 aliphatic carbocycles. The number of hydrogen-bond acceptors (Lipinski definition) is 4. The molecule has 0 saturated heterocycles. The Morgan fingerprint density at radius 1 is 1.26 bits per heavy atom. The quantitative estimate of drug-likeness (QED) is 0.584. The zero-order valence-electron chi connectivity index (χ0n) is 11.2. The number of carbonyl (C=O) groups is 2. The molecule has 0 N–H and O–H groups in total. The van der Waals surface area contributed by atoms with Crippen molar-refractivity contribution in [2.24, 2.45) is 0 Å². The summed E-state index contributed by atoms with van der Waals surface area (Å²) in [7, 11) is 0. The van der Waals surface area contributed by atoms with Crippen LogP contribution in [-0.2, 0) is 19.1 Å². The Balaban J connectivity index is 2.79. The summed E-state index contributed by atoms with van der Waals surface area (Å²) >= 11 is 0. The van der Waals surface area contributed by atoms with Gasteiger partial charge in [0, 0.05) is 18.9 Å². The first kappa shape index (κ1) is 15.0. The molecule has 0 radical (unpaired) electrons. The summed E-state index contributed by atoms with van der Waals surface area (Å²) in [4.78, 5) is 22.7. The fraction of sp³-hybridized carbons (Fsp3) is 0.333. The van der Waals surface area contributed by atoms with Gasteiger partial charge in [-0.15, -0.1) is 0 Å². The third-order valence-corrected chi connectivity index (χ3v) is 2.48. The predicted molar refractivity (Wildman–Crippen MR) is 71.3 cm³/mol. The molecule has 0 spiro atoms. The summed E-state index contributed by atoms with van der Waals surface area (Å²) in [6.45, 7) is 7.04. The van der Waals surface area contributed by atoms with E-state index < -0.39 is 18.0 Å². The van der Waals surface area contributed by atoms with Gasteiger partial charge in [0.2, 0.25) is 0 Å². The molecule has 0 aliphatic rings. The van der Waals surface area contributed by atoms with Crippen LogP contribution in [0.4, 0.5) is 0 Å². The van der Waals surface area contributed by atoms with Crippen LogP contribution in [0.25, 0.3) is 0 Å². The molecule has 1 aromatic carbocycles. The Hall–Kier alpha value is -2.10. The molecular weight excluding hydrogens is 244 g/mol. The number of hydrogen-bond donors (Lipinski definition) is 0. The van der Waals surface area contributed by atoms with E-state index in [1.54, 1.807) is 6.92 Å². The molecule has 1 rings (SSSR count). The maximum absolute atomic E-state index is 11.5. The molecule has 0 heterocycles. The van der Waals surface area contributed by atoms with Gasteiger partial charge in [0.15, 0.2) is 0 Å². The third kappa shape index (κ3) is 4.95. The monoisotopic (exact) mass is 262 g/mol. The first-order valence-corrected chi connectivity index (χ1v) is 6.11. The van der Waals surface area contributed by atoms with Crippen molar-refractivity contribution in [2.75, 3.05) is 6.61 Å². The van der Waals surface area contributed by atoms with E-state index in [-0.39, 0.29) is 12.0 Å². The minimum absolute atomic E-state index is 0.225. The molecule has 102 valence electrons. The molecule has 0 aliphatic heterocycles. The van der Waals surface area contributed by atoms with Crippen LogP contribution in [0.3, 0.4) is 0 Å². The predicted octanol–water partition coefficient (Wildman–Crippen LogP) is 2.80. The summed E-state index contributed by atoms with van der Waals surface area (Å²) in [5.41, 5.74) is 1.11. The van der Waals surface area contributed by atoms with Gasteiger partial charge in [-0.05, 0) is 12.5 Å². The fourth-order valence-electron chi connectivity index (χ4n) is 1.64. The van der Waals surface area contributed by atoms with Gasteiger partial charge in [0.05, 0.1) is 6.61 Å². The Bertz CT molecular complexity index is 450. The van der Waals surface area contributed by atoms with Crippen molar-refractivity contribution in [3.63, 3.8) is 0 Å². The molecule has 19 heavy (non-hydrogen) atoms. The molecule has 0 saturated carbocycles. The second kappa shape index (κ2) is 7.36. The van der Waals surface area contributed by atoms with Crippen molar-refractivity contribution < 1.29 is 19.1 Å². The van der Waals surface area contributed by atoms with Gasteiger partial charge >= 0.3 is 11.9 Å². The van der Waals surface area contributed by atoms with E-state index in [4.69, 9.17) is 9.47 Å². The lowest BCUT2D eigenvalue weighted by Gasteiger charge is -2.18. The molecule has 0 amide bonds. The maximum atomic E-state index is 11.5. The van der Waals surface area contributed by atoms with Crippen LogP contribution >= 0.6 is 0 Å². The Morgan fingerprint density at radius 3 is 2.42 bits per heavy atom. The zero-order chi connectivity index (χ0) is 14.3. The first-order chi connectivity index (χ1) is 9.04. The average Bonchev–Trinajstić information content (AvgIpc) is 2.38. The van der Waals surface area contributed by atoms with E-state index in [0.717, 1.165) is 5.56 Å². The summed E-state index contributed by atoms with van der Waals surface area (Å²) in [6.07, 6.45) is -0.293. The van der Waals surface area contributed by atoms with Crippen LogP contribution in [0.15, 0.2) is 42.5 Å². The highest BCUT2D eigenvalue weighted by Gasteiger charge is 2.19. The van der Waals surface area contributed by atoms with Crippen molar-refractivity contribution in [1.29, 1.82) is 0 Å². The fourth-order valence-corrected chi connectivity index (χ4v) is 1.64. The van der Waals surface area contributed by atoms with Crippen LogP contribution in [0.5, 0.6) is 0 Å². The van der Waals surface area contributed by atoms with Crippen LogP contribution in [0, 0.1) is 0 Å². The van der Waals surface area contributed by atoms with Crippen molar-refractivity contribution in [3.05, 3.63) is 48.0 Å². The molecule has 1 atom stereocenters. The van der Waals surface area contributed by atoms with Gasteiger partial charge in [0.1, 0.15) is 6.10 Å². The van der Waals surface area contributed by atoms with Crippen molar-refractivity contribution in [3.8, 4) is 0 Å². The minimum Gasteiger partial charge on any atom is -0.463 e. The number of ether oxygens (including phenoxy) is 2. The Labute approximate surface area is 113 Å². The van der Waals surface area contributed by atoms with E-state index in [1.807, 2.05) is 30.3 Å². The van der Waals surface area contributed by atoms with Gasteiger partial charge in [-0.25, -0.2) is 4.79 Å². The lowest BCUT2D eigenvalue weighted by atomic mass is 10.0. The van der Waals surface area contributed by atoms with Gasteiger partial charge in [-0.3, -0.25) is 4.79 Å². The molecular formula is C15H18O4. The number of carbonyl (C=O) groups excluding carboxylic acids is 2. The average molecular weight is 262 g/mol. The largest absolute Gasteiger partial charge is 0.463 e. The summed E-state index contributed by atoms with van der Waals surface area (Å²) in [5, 5.41) is 0. The summed E-state index contributed by atoms with van der Waals surface area (Å²) in [5.74, 6) is -0.860. The lowest BCUT2D eigenvalue weighted by molar-refractivity contribution is -0.148. The zero-order valence-corrected chi connectivity index (χ0v) is 11.2. The van der Waals surface area contributed by atoms with Gasteiger partial charge in [-0.2, -0.15) is 0 Å². The Morgan fingerprint density at radius 2 is 1.89 bits per heavy atom. The maximum Gasteiger partial charge on any atom is 0.333 e. The van der Waals surface area contributed by atoms with E-state index >= 15 is 0 Å². The highest BCUT2D eigenvalue weighted by molar-refractivity contribution is 5.87. The van der Waals surface area contributed by atoms with Gasteiger partial charge in [0.25, 0.3) is 0 Å². The third-order valence-electron chi connectivity index (χ3n) is 2.48. The molecule has 0 bridgehead atoms. The first-order valence-electron chi connectivity index (χ1n) is 6.11.